The molecule has 0 aliphatic carbocycles. The molecule has 1 amide bonds. The standard InChI is InChI=1S/C25H27NO4/c1-5-7-19(16-23(28)29)18-10-12-21(13-11-18)26-24(30)22(27)15-17-8-6-9-20(14-17)25(2,3)4/h6,8-14,19H,15-16H2,1-4H3,(H,26,30)(H,28,29)/t19-/m1/s1. The van der Waals surface area contributed by atoms with Crippen LogP contribution in [0.3, 0.4) is 0 Å². The van der Waals surface area contributed by atoms with Crippen LogP contribution in [0.1, 0.15) is 56.7 Å². The summed E-state index contributed by atoms with van der Waals surface area (Å²) in [6.45, 7) is 7.94. The Morgan fingerprint density at radius 1 is 1.07 bits per heavy atom. The van der Waals surface area contributed by atoms with Gasteiger partial charge in [0, 0.05) is 12.1 Å². The molecule has 0 aliphatic rings. The Morgan fingerprint density at radius 2 is 1.73 bits per heavy atom. The number of ketones is 1. The van der Waals surface area contributed by atoms with Gasteiger partial charge in [0.1, 0.15) is 0 Å². The number of carbonyl (C=O) groups excluding carboxylic acids is 2. The van der Waals surface area contributed by atoms with E-state index in [9.17, 15) is 14.4 Å². The summed E-state index contributed by atoms with van der Waals surface area (Å²) in [5.41, 5.74) is 3.08. The number of aliphatic carboxylic acids is 1. The summed E-state index contributed by atoms with van der Waals surface area (Å²) in [4.78, 5) is 35.7. The summed E-state index contributed by atoms with van der Waals surface area (Å²) >= 11 is 0. The van der Waals surface area contributed by atoms with Gasteiger partial charge in [0.05, 0.1) is 12.3 Å². The molecule has 0 heterocycles. The highest BCUT2D eigenvalue weighted by Crippen LogP contribution is 2.23. The highest BCUT2D eigenvalue weighted by molar-refractivity contribution is 6.41. The number of Topliss-reactive ketones (excluding diaryl/α,β-unsaturated/α-hetero) is 1. The molecule has 0 aromatic heterocycles. The number of hydrogen-bond acceptors (Lipinski definition) is 3. The minimum atomic E-state index is -0.929. The van der Waals surface area contributed by atoms with E-state index in [0.29, 0.717) is 5.69 Å². The number of benzene rings is 2. The second kappa shape index (κ2) is 9.89. The summed E-state index contributed by atoms with van der Waals surface area (Å²) in [6, 6.07) is 14.4. The molecule has 0 fully saturated rings. The minimum Gasteiger partial charge on any atom is -0.481 e. The van der Waals surface area contributed by atoms with Gasteiger partial charge in [-0.2, -0.15) is 0 Å². The van der Waals surface area contributed by atoms with Crippen molar-refractivity contribution in [1.82, 2.24) is 0 Å². The van der Waals surface area contributed by atoms with Crippen LogP contribution in [0, 0.1) is 11.8 Å². The van der Waals surface area contributed by atoms with E-state index in [-0.39, 0.29) is 18.3 Å². The predicted octanol–water partition coefficient (Wildman–Crippen LogP) is 4.32. The van der Waals surface area contributed by atoms with Gasteiger partial charge in [-0.3, -0.25) is 14.4 Å². The van der Waals surface area contributed by atoms with E-state index in [1.807, 2.05) is 24.3 Å². The summed E-state index contributed by atoms with van der Waals surface area (Å²) in [7, 11) is 0. The number of amides is 1. The molecule has 2 aromatic carbocycles. The SMILES string of the molecule is CC#C[C@H](CC(=O)O)c1ccc(NC(=O)C(=O)Cc2cccc(C(C)(C)C)c2)cc1. The van der Waals surface area contributed by atoms with Crippen LogP contribution in [0.25, 0.3) is 0 Å². The lowest BCUT2D eigenvalue weighted by Crippen LogP contribution is -2.24. The minimum absolute atomic E-state index is 0.0284. The van der Waals surface area contributed by atoms with E-state index in [1.165, 1.54) is 0 Å². The van der Waals surface area contributed by atoms with Crippen molar-refractivity contribution in [2.24, 2.45) is 0 Å². The summed E-state index contributed by atoms with van der Waals surface area (Å²) < 4.78 is 0. The van der Waals surface area contributed by atoms with Crippen LogP contribution in [0.2, 0.25) is 0 Å². The van der Waals surface area contributed by atoms with E-state index >= 15 is 0 Å². The number of nitrogens with one attached hydrogen (secondary N) is 1. The predicted molar refractivity (Wildman–Crippen MR) is 117 cm³/mol. The molecule has 5 heteroatoms. The lowest BCUT2D eigenvalue weighted by molar-refractivity contribution is -0.137. The van der Waals surface area contributed by atoms with Gasteiger partial charge in [-0.15, -0.1) is 5.92 Å². The van der Waals surface area contributed by atoms with Crippen molar-refractivity contribution < 1.29 is 19.5 Å². The lowest BCUT2D eigenvalue weighted by atomic mass is 9.86. The lowest BCUT2D eigenvalue weighted by Gasteiger charge is -2.19. The highest BCUT2D eigenvalue weighted by Gasteiger charge is 2.18. The summed E-state index contributed by atoms with van der Waals surface area (Å²) in [5, 5.41) is 11.6. The Bertz CT molecular complexity index is 988. The molecule has 2 rings (SSSR count). The fourth-order valence-electron chi connectivity index (χ4n) is 3.01. The molecule has 0 aliphatic heterocycles. The van der Waals surface area contributed by atoms with Crippen molar-refractivity contribution >= 4 is 23.3 Å². The van der Waals surface area contributed by atoms with E-state index in [0.717, 1.165) is 16.7 Å². The second-order valence-electron chi connectivity index (χ2n) is 8.17. The van der Waals surface area contributed by atoms with Crippen molar-refractivity contribution in [3.8, 4) is 11.8 Å². The molecular formula is C25H27NO4. The highest BCUT2D eigenvalue weighted by atomic mass is 16.4. The topological polar surface area (TPSA) is 83.5 Å². The molecule has 0 unspecified atom stereocenters. The van der Waals surface area contributed by atoms with E-state index < -0.39 is 23.6 Å². The molecule has 156 valence electrons. The fourth-order valence-corrected chi connectivity index (χ4v) is 3.01. The zero-order valence-corrected chi connectivity index (χ0v) is 17.8. The molecular weight excluding hydrogens is 378 g/mol. The van der Waals surface area contributed by atoms with Crippen LogP contribution in [-0.2, 0) is 26.2 Å². The number of anilines is 1. The van der Waals surface area contributed by atoms with Crippen molar-refractivity contribution in [3.63, 3.8) is 0 Å². The summed E-state index contributed by atoms with van der Waals surface area (Å²) in [6.07, 6.45) is -0.0702. The van der Waals surface area contributed by atoms with Crippen LogP contribution in [0.5, 0.6) is 0 Å². The smallest absolute Gasteiger partial charge is 0.304 e. The molecule has 30 heavy (non-hydrogen) atoms. The van der Waals surface area contributed by atoms with E-state index in [1.54, 1.807) is 31.2 Å². The molecule has 0 bridgehead atoms. The maximum absolute atomic E-state index is 12.4. The van der Waals surface area contributed by atoms with Gasteiger partial charge in [-0.25, -0.2) is 0 Å². The maximum atomic E-state index is 12.4. The Hall–Kier alpha value is -3.39. The monoisotopic (exact) mass is 405 g/mol. The van der Waals surface area contributed by atoms with Gasteiger partial charge in [0.25, 0.3) is 5.91 Å². The first-order chi connectivity index (χ1) is 14.1. The number of carbonyl (C=O) groups is 3. The third-order valence-corrected chi connectivity index (χ3v) is 4.68. The van der Waals surface area contributed by atoms with Crippen molar-refractivity contribution in [2.75, 3.05) is 5.32 Å². The van der Waals surface area contributed by atoms with Crippen LogP contribution in [0.15, 0.2) is 48.5 Å². The molecule has 0 saturated carbocycles. The van der Waals surface area contributed by atoms with Crippen molar-refractivity contribution in [1.29, 1.82) is 0 Å². The van der Waals surface area contributed by atoms with Gasteiger partial charge in [-0.1, -0.05) is 63.1 Å². The number of rotatable bonds is 7. The van der Waals surface area contributed by atoms with E-state index in [2.05, 4.69) is 37.9 Å². The number of carboxylic acid groups (broad SMARTS) is 1. The largest absolute Gasteiger partial charge is 0.481 e. The zero-order chi connectivity index (χ0) is 22.3. The molecule has 2 aromatic rings. The van der Waals surface area contributed by atoms with Crippen molar-refractivity contribution in [3.05, 3.63) is 65.2 Å². The maximum Gasteiger partial charge on any atom is 0.304 e. The average molecular weight is 405 g/mol. The number of carboxylic acids is 1. The van der Waals surface area contributed by atoms with Crippen LogP contribution < -0.4 is 5.32 Å². The second-order valence-corrected chi connectivity index (χ2v) is 8.17. The summed E-state index contributed by atoms with van der Waals surface area (Å²) in [5.74, 6) is 3.07. The van der Waals surface area contributed by atoms with Gasteiger partial charge in [0.2, 0.25) is 5.78 Å². The molecule has 1 atom stereocenters. The zero-order valence-electron chi connectivity index (χ0n) is 17.8. The number of hydrogen-bond donors (Lipinski definition) is 2. The normalized spacial score (nSPS) is 11.7. The molecule has 0 saturated heterocycles. The Kier molecular flexibility index (Phi) is 7.54. The first kappa shape index (κ1) is 22.9. The quantitative estimate of drug-likeness (QED) is 0.531. The van der Waals surface area contributed by atoms with Gasteiger partial charge >= 0.3 is 5.97 Å². The Labute approximate surface area is 177 Å². The third-order valence-electron chi connectivity index (χ3n) is 4.68. The van der Waals surface area contributed by atoms with Gasteiger partial charge in [-0.05, 0) is 41.2 Å². The fraction of sp³-hybridized carbons (Fsp3) is 0.320. The van der Waals surface area contributed by atoms with Gasteiger partial charge in [0.15, 0.2) is 0 Å². The van der Waals surface area contributed by atoms with E-state index in [4.69, 9.17) is 5.11 Å². The van der Waals surface area contributed by atoms with Crippen LogP contribution >= 0.6 is 0 Å². The van der Waals surface area contributed by atoms with Crippen LogP contribution in [-0.4, -0.2) is 22.8 Å². The molecule has 0 radical (unpaired) electrons. The third kappa shape index (κ3) is 6.59. The molecule has 5 nitrogen and oxygen atoms in total. The molecule has 2 N–H and O–H groups in total. The molecule has 0 spiro atoms. The Balaban J connectivity index is 2.04. The van der Waals surface area contributed by atoms with Crippen LogP contribution in [0.4, 0.5) is 5.69 Å². The van der Waals surface area contributed by atoms with Gasteiger partial charge < -0.3 is 10.4 Å². The van der Waals surface area contributed by atoms with Crippen molar-refractivity contribution in [2.45, 2.75) is 51.9 Å². The first-order valence-corrected chi connectivity index (χ1v) is 9.77. The Morgan fingerprint density at radius 3 is 2.30 bits per heavy atom. The first-order valence-electron chi connectivity index (χ1n) is 9.77. The average Bonchev–Trinajstić information content (AvgIpc) is 2.67.